The highest BCUT2D eigenvalue weighted by molar-refractivity contribution is 5.99. The molecule has 2 aliphatic carbocycles. The molecule has 0 unspecified atom stereocenters. The van der Waals surface area contributed by atoms with Gasteiger partial charge in [-0.05, 0) is 124 Å². The Labute approximate surface area is 374 Å². The maximum atomic E-state index is 13.9. The Morgan fingerprint density at radius 1 is 0.562 bits per heavy atom. The summed E-state index contributed by atoms with van der Waals surface area (Å²) in [7, 11) is 1.97. The molecule has 2 aromatic heterocycles. The van der Waals surface area contributed by atoms with Gasteiger partial charge in [0.1, 0.15) is 22.8 Å². The Kier molecular flexibility index (Phi) is 13.8. The van der Waals surface area contributed by atoms with Crippen LogP contribution in [0.15, 0.2) is 91.1 Å². The Hall–Kier alpha value is -6.36. The smallest absolute Gasteiger partial charge is 0.314 e. The van der Waals surface area contributed by atoms with Gasteiger partial charge in [0.25, 0.3) is 0 Å². The van der Waals surface area contributed by atoms with E-state index in [4.69, 9.17) is 28.9 Å². The zero-order valence-electron chi connectivity index (χ0n) is 37.3. The van der Waals surface area contributed by atoms with Crippen LogP contribution in [0, 0.1) is 23.7 Å². The van der Waals surface area contributed by atoms with Gasteiger partial charge in [0.05, 0.1) is 34.8 Å². The van der Waals surface area contributed by atoms with E-state index in [0.717, 1.165) is 42.1 Å². The van der Waals surface area contributed by atoms with E-state index < -0.39 is 23.8 Å². The fraction of sp³-hybridized carbons (Fsp3) is 0.396. The SMILES string of the molecule is CCCc1ccc(OC(=O)C2CCC(C(=O)Oc3ccc(OC(=O)C4CCC(C(=O)Oc5ccc(CCC)cc5)CC4)c4c(CC)nc(-c5cn(C)c6ccccc56)nc34)CC2)cc1. The van der Waals surface area contributed by atoms with E-state index in [1.807, 2.05) is 97.5 Å². The predicted octanol–water partition coefficient (Wildman–Crippen LogP) is 10.9. The molecule has 2 saturated carbocycles. The molecule has 0 N–H and O–H groups in total. The highest BCUT2D eigenvalue weighted by Crippen LogP contribution is 2.40. The van der Waals surface area contributed by atoms with E-state index in [1.165, 1.54) is 11.1 Å². The number of hydrogen-bond donors (Lipinski definition) is 0. The van der Waals surface area contributed by atoms with Gasteiger partial charge in [0.2, 0.25) is 0 Å². The molecular weight excluding hydrogens is 807 g/mol. The fourth-order valence-corrected chi connectivity index (χ4v) is 9.26. The number of esters is 4. The molecule has 0 atom stereocenters. The zero-order chi connectivity index (χ0) is 44.7. The summed E-state index contributed by atoms with van der Waals surface area (Å²) in [4.78, 5) is 64.1. The standard InChI is InChI=1S/C53H57N3O8/c1-5-10-33-14-26-39(27-15-33)61-50(57)35-18-22-37(23-19-35)52(59)63-45-30-31-46(48-47(45)43(7-3)54-49(55-48)42-32-56(4)44-13-9-8-12-41(42)44)64-53(60)38-24-20-36(21-25-38)51(58)62-40-28-16-34(11-6-2)17-29-40/h8-9,12-17,26-32,35-38H,5-7,10-11,18-25H2,1-4H3. The number of para-hydroxylation sites is 1. The molecule has 332 valence electrons. The first kappa shape index (κ1) is 44.3. The summed E-state index contributed by atoms with van der Waals surface area (Å²) in [5.74, 6) is -0.775. The third kappa shape index (κ3) is 9.88. The predicted molar refractivity (Wildman–Crippen MR) is 245 cm³/mol. The van der Waals surface area contributed by atoms with E-state index in [0.29, 0.717) is 91.7 Å². The van der Waals surface area contributed by atoms with Crippen LogP contribution in [-0.4, -0.2) is 38.4 Å². The second-order valence-electron chi connectivity index (χ2n) is 17.4. The summed E-state index contributed by atoms with van der Waals surface area (Å²) in [6.07, 6.45) is 10.4. The molecule has 8 rings (SSSR count). The van der Waals surface area contributed by atoms with Crippen LogP contribution in [0.2, 0.25) is 0 Å². The topological polar surface area (TPSA) is 136 Å². The average molecular weight is 864 g/mol. The molecule has 11 nitrogen and oxygen atoms in total. The second kappa shape index (κ2) is 20.0. The van der Waals surface area contributed by atoms with E-state index in [-0.39, 0.29) is 35.3 Å². The number of rotatable bonds is 14. The lowest BCUT2D eigenvalue weighted by Crippen LogP contribution is -2.30. The zero-order valence-corrected chi connectivity index (χ0v) is 37.3. The Bertz CT molecular complexity index is 2640. The van der Waals surface area contributed by atoms with Crippen LogP contribution < -0.4 is 18.9 Å². The minimum Gasteiger partial charge on any atom is -0.426 e. The lowest BCUT2D eigenvalue weighted by atomic mass is 9.82. The van der Waals surface area contributed by atoms with Crippen LogP contribution in [0.3, 0.4) is 0 Å². The second-order valence-corrected chi connectivity index (χ2v) is 17.4. The first-order chi connectivity index (χ1) is 31.1. The van der Waals surface area contributed by atoms with Gasteiger partial charge in [0, 0.05) is 29.7 Å². The van der Waals surface area contributed by atoms with Crippen LogP contribution in [-0.2, 0) is 45.5 Å². The van der Waals surface area contributed by atoms with Gasteiger partial charge in [-0.3, -0.25) is 19.2 Å². The van der Waals surface area contributed by atoms with Crippen molar-refractivity contribution in [3.8, 4) is 34.4 Å². The van der Waals surface area contributed by atoms with Crippen LogP contribution in [0.5, 0.6) is 23.0 Å². The molecule has 0 spiro atoms. The summed E-state index contributed by atoms with van der Waals surface area (Å²) in [5, 5.41) is 1.47. The summed E-state index contributed by atoms with van der Waals surface area (Å²) in [5.41, 5.74) is 5.24. The molecule has 64 heavy (non-hydrogen) atoms. The Balaban J connectivity index is 0.989. The summed E-state index contributed by atoms with van der Waals surface area (Å²) >= 11 is 0. The van der Waals surface area contributed by atoms with E-state index >= 15 is 0 Å². The summed E-state index contributed by atoms with van der Waals surface area (Å²) < 4.78 is 25.9. The molecule has 2 fully saturated rings. The van der Waals surface area contributed by atoms with Gasteiger partial charge < -0.3 is 23.5 Å². The molecule has 0 aliphatic heterocycles. The lowest BCUT2D eigenvalue weighted by Gasteiger charge is -2.26. The van der Waals surface area contributed by atoms with Gasteiger partial charge >= 0.3 is 23.9 Å². The minimum atomic E-state index is -0.422. The first-order valence-corrected chi connectivity index (χ1v) is 23.0. The molecule has 0 saturated heterocycles. The molecule has 2 heterocycles. The van der Waals surface area contributed by atoms with Crippen LogP contribution in [0.25, 0.3) is 33.2 Å². The summed E-state index contributed by atoms with van der Waals surface area (Å²) in [6.45, 7) is 6.23. The normalized spacial score (nSPS) is 18.7. The third-order valence-electron chi connectivity index (χ3n) is 12.9. The molecule has 4 aromatic carbocycles. The number of fused-ring (bicyclic) bond motifs is 2. The highest BCUT2D eigenvalue weighted by Gasteiger charge is 2.35. The van der Waals surface area contributed by atoms with E-state index in [9.17, 15) is 19.2 Å². The Morgan fingerprint density at radius 2 is 1.02 bits per heavy atom. The largest absolute Gasteiger partial charge is 0.426 e. The van der Waals surface area contributed by atoms with Crippen molar-refractivity contribution in [2.24, 2.45) is 30.7 Å². The number of nitrogens with zero attached hydrogens (tertiary/aromatic N) is 3. The molecule has 6 aromatic rings. The highest BCUT2D eigenvalue weighted by atomic mass is 16.5. The summed E-state index contributed by atoms with van der Waals surface area (Å²) in [6, 6.07) is 26.6. The minimum absolute atomic E-state index is 0.241. The molecule has 0 bridgehead atoms. The number of carbonyl (C=O) groups excluding carboxylic acids is 4. The maximum absolute atomic E-state index is 13.9. The van der Waals surface area contributed by atoms with Gasteiger partial charge in [0.15, 0.2) is 11.6 Å². The molecule has 11 heteroatoms. The molecular formula is C53H57N3O8. The van der Waals surface area contributed by atoms with E-state index in [1.54, 1.807) is 12.1 Å². The molecule has 2 aliphatic rings. The van der Waals surface area contributed by atoms with Crippen molar-refractivity contribution in [2.45, 2.75) is 104 Å². The quantitative estimate of drug-likeness (QED) is 0.0769. The number of carbonyl (C=O) groups is 4. The third-order valence-corrected chi connectivity index (χ3v) is 12.9. The van der Waals surface area contributed by atoms with Gasteiger partial charge in [-0.25, -0.2) is 9.97 Å². The first-order valence-electron chi connectivity index (χ1n) is 23.0. The van der Waals surface area contributed by atoms with Crippen LogP contribution in [0.4, 0.5) is 0 Å². The monoisotopic (exact) mass is 863 g/mol. The molecule has 0 amide bonds. The van der Waals surface area contributed by atoms with Crippen molar-refractivity contribution in [1.29, 1.82) is 0 Å². The lowest BCUT2D eigenvalue weighted by molar-refractivity contribution is -0.145. The van der Waals surface area contributed by atoms with Crippen molar-refractivity contribution in [3.63, 3.8) is 0 Å². The number of hydrogen-bond acceptors (Lipinski definition) is 10. The van der Waals surface area contributed by atoms with Crippen molar-refractivity contribution in [3.05, 3.63) is 108 Å². The average Bonchev–Trinajstić information content (AvgIpc) is 3.66. The van der Waals surface area contributed by atoms with Crippen molar-refractivity contribution < 1.29 is 38.1 Å². The number of benzene rings is 4. The van der Waals surface area contributed by atoms with Crippen LogP contribution in [0.1, 0.15) is 102 Å². The van der Waals surface area contributed by atoms with Crippen molar-refractivity contribution >= 4 is 45.7 Å². The van der Waals surface area contributed by atoms with Crippen molar-refractivity contribution in [2.75, 3.05) is 0 Å². The van der Waals surface area contributed by atoms with E-state index in [2.05, 4.69) is 13.8 Å². The molecule has 0 radical (unpaired) electrons. The van der Waals surface area contributed by atoms with Gasteiger partial charge in [-0.1, -0.05) is 76.1 Å². The van der Waals surface area contributed by atoms with Crippen LogP contribution >= 0.6 is 0 Å². The number of ether oxygens (including phenoxy) is 4. The fourth-order valence-electron chi connectivity index (χ4n) is 9.26. The maximum Gasteiger partial charge on any atom is 0.314 e. The van der Waals surface area contributed by atoms with Gasteiger partial charge in [-0.2, -0.15) is 0 Å². The number of aromatic nitrogens is 3. The van der Waals surface area contributed by atoms with Crippen molar-refractivity contribution in [1.82, 2.24) is 14.5 Å². The number of aryl methyl sites for hydroxylation is 4. The van der Waals surface area contributed by atoms with Gasteiger partial charge in [-0.15, -0.1) is 0 Å². The Morgan fingerprint density at radius 3 is 1.50 bits per heavy atom.